The summed E-state index contributed by atoms with van der Waals surface area (Å²) < 4.78 is 7.30. The number of fused-ring (bicyclic) bond motifs is 2. The maximum Gasteiger partial charge on any atom is 0.303 e. The quantitative estimate of drug-likeness (QED) is 0.384. The van der Waals surface area contributed by atoms with E-state index in [1.807, 2.05) is 0 Å². The van der Waals surface area contributed by atoms with Gasteiger partial charge in [0.25, 0.3) is 0 Å². The highest BCUT2D eigenvalue weighted by Crippen LogP contribution is 2.49. The maximum atomic E-state index is 11.2. The van der Waals surface area contributed by atoms with Gasteiger partial charge >= 0.3 is 5.97 Å². The number of aliphatic carboxylic acids is 1. The molecule has 1 unspecified atom stereocenters. The summed E-state index contributed by atoms with van der Waals surface area (Å²) in [6.07, 6.45) is 3.77. The number of pyridine rings is 1. The molecule has 0 radical (unpaired) electrons. The van der Waals surface area contributed by atoms with Crippen LogP contribution in [-0.2, 0) is 11.2 Å². The van der Waals surface area contributed by atoms with Gasteiger partial charge in [0.05, 0.1) is 10.9 Å². The molecule has 6 heteroatoms. The summed E-state index contributed by atoms with van der Waals surface area (Å²) in [6.45, 7) is 6.53. The fraction of sp³-hybridized carbons (Fsp3) is 0.333. The molecule has 1 aliphatic heterocycles. The van der Waals surface area contributed by atoms with Gasteiger partial charge in [-0.15, -0.1) is 11.8 Å². The average molecular weight is 524 g/mol. The Kier molecular flexibility index (Phi) is 6.00. The van der Waals surface area contributed by atoms with E-state index in [4.69, 9.17) is 4.74 Å². The SMILES string of the molecule is Cc1cc(C)c(-c2cccc3c2CCC3Oc2ncc3c(c2Br)SC[C@H]3CC(=O)O)c(C)c1. The molecule has 3 aromatic rings. The van der Waals surface area contributed by atoms with E-state index in [0.29, 0.717) is 5.88 Å². The van der Waals surface area contributed by atoms with Gasteiger partial charge in [-0.25, -0.2) is 4.98 Å². The first kappa shape index (κ1) is 22.5. The number of ether oxygens (including phenoxy) is 1. The van der Waals surface area contributed by atoms with Crippen molar-refractivity contribution < 1.29 is 14.6 Å². The highest BCUT2D eigenvalue weighted by molar-refractivity contribution is 9.10. The average Bonchev–Trinajstić information content (AvgIpc) is 3.34. The highest BCUT2D eigenvalue weighted by atomic mass is 79.9. The molecule has 0 saturated carbocycles. The van der Waals surface area contributed by atoms with Gasteiger partial charge in [-0.05, 0) is 88.5 Å². The van der Waals surface area contributed by atoms with Crippen LogP contribution in [0, 0.1) is 20.8 Å². The molecule has 2 atom stereocenters. The van der Waals surface area contributed by atoms with Crippen LogP contribution < -0.4 is 4.74 Å². The summed E-state index contributed by atoms with van der Waals surface area (Å²) in [5, 5.41) is 9.19. The minimum atomic E-state index is -0.776. The Morgan fingerprint density at radius 2 is 1.97 bits per heavy atom. The first-order valence-electron chi connectivity index (χ1n) is 11.2. The lowest BCUT2D eigenvalue weighted by Gasteiger charge is -2.18. The number of nitrogens with zero attached hydrogens (tertiary/aromatic N) is 1. The number of halogens is 1. The number of rotatable bonds is 5. The number of aromatic nitrogens is 1. The lowest BCUT2D eigenvalue weighted by Crippen LogP contribution is -2.08. The number of hydrogen-bond donors (Lipinski definition) is 1. The Labute approximate surface area is 206 Å². The molecule has 5 rings (SSSR count). The van der Waals surface area contributed by atoms with E-state index < -0.39 is 5.97 Å². The van der Waals surface area contributed by atoms with Crippen molar-refractivity contribution in [1.82, 2.24) is 4.98 Å². The second kappa shape index (κ2) is 8.80. The monoisotopic (exact) mass is 523 g/mol. The van der Waals surface area contributed by atoms with Crippen molar-refractivity contribution in [2.75, 3.05) is 5.75 Å². The Bertz CT molecular complexity index is 1250. The van der Waals surface area contributed by atoms with Crippen LogP contribution in [0.25, 0.3) is 11.1 Å². The van der Waals surface area contributed by atoms with Crippen LogP contribution in [-0.4, -0.2) is 21.8 Å². The summed E-state index contributed by atoms with van der Waals surface area (Å²) in [4.78, 5) is 16.8. The number of hydrogen-bond acceptors (Lipinski definition) is 4. The zero-order valence-corrected chi connectivity index (χ0v) is 21.3. The van der Waals surface area contributed by atoms with Crippen molar-refractivity contribution in [3.8, 4) is 17.0 Å². The third-order valence-electron chi connectivity index (χ3n) is 6.68. The minimum absolute atomic E-state index is 0.00361. The Balaban J connectivity index is 1.46. The number of benzene rings is 2. The van der Waals surface area contributed by atoms with Crippen molar-refractivity contribution in [2.45, 2.75) is 57.0 Å². The third kappa shape index (κ3) is 4.08. The third-order valence-corrected chi connectivity index (χ3v) is 8.97. The lowest BCUT2D eigenvalue weighted by molar-refractivity contribution is -0.137. The largest absolute Gasteiger partial charge is 0.481 e. The van der Waals surface area contributed by atoms with Crippen molar-refractivity contribution in [3.05, 3.63) is 74.4 Å². The van der Waals surface area contributed by atoms with Crippen molar-refractivity contribution in [3.63, 3.8) is 0 Å². The zero-order valence-electron chi connectivity index (χ0n) is 18.9. The van der Waals surface area contributed by atoms with Crippen LogP contribution in [0.2, 0.25) is 0 Å². The predicted molar refractivity (Wildman–Crippen MR) is 135 cm³/mol. The Morgan fingerprint density at radius 3 is 2.70 bits per heavy atom. The first-order valence-corrected chi connectivity index (χ1v) is 13.0. The maximum absolute atomic E-state index is 11.2. The van der Waals surface area contributed by atoms with Crippen LogP contribution in [0.5, 0.6) is 5.88 Å². The van der Waals surface area contributed by atoms with Crippen LogP contribution in [0.15, 0.2) is 45.9 Å². The fourth-order valence-corrected chi connectivity index (χ4v) is 7.39. The molecule has 1 aromatic heterocycles. The summed E-state index contributed by atoms with van der Waals surface area (Å²) >= 11 is 5.37. The van der Waals surface area contributed by atoms with Crippen molar-refractivity contribution in [1.29, 1.82) is 0 Å². The normalized spacial score (nSPS) is 18.8. The number of aryl methyl sites for hydroxylation is 3. The molecule has 1 aliphatic carbocycles. The van der Waals surface area contributed by atoms with E-state index in [2.05, 4.69) is 72.0 Å². The lowest BCUT2D eigenvalue weighted by atomic mass is 9.89. The van der Waals surface area contributed by atoms with E-state index in [0.717, 1.165) is 33.5 Å². The van der Waals surface area contributed by atoms with Crippen molar-refractivity contribution in [2.24, 2.45) is 0 Å². The smallest absolute Gasteiger partial charge is 0.303 e. The van der Waals surface area contributed by atoms with E-state index in [-0.39, 0.29) is 18.4 Å². The molecule has 2 heterocycles. The second-order valence-corrected chi connectivity index (χ2v) is 10.9. The number of carboxylic acid groups (broad SMARTS) is 1. The molecule has 2 aliphatic rings. The van der Waals surface area contributed by atoms with Gasteiger partial charge < -0.3 is 9.84 Å². The predicted octanol–water partition coefficient (Wildman–Crippen LogP) is 7.17. The van der Waals surface area contributed by atoms with Gasteiger partial charge in [0, 0.05) is 22.8 Å². The van der Waals surface area contributed by atoms with Crippen LogP contribution in [0.1, 0.15) is 58.2 Å². The molecule has 2 aromatic carbocycles. The summed E-state index contributed by atoms with van der Waals surface area (Å²) in [7, 11) is 0. The molecular weight excluding hydrogens is 498 g/mol. The van der Waals surface area contributed by atoms with E-state index in [9.17, 15) is 9.90 Å². The van der Waals surface area contributed by atoms with Gasteiger partial charge in [-0.3, -0.25) is 4.79 Å². The molecule has 0 bridgehead atoms. The van der Waals surface area contributed by atoms with Gasteiger partial charge in [0.1, 0.15) is 6.10 Å². The van der Waals surface area contributed by atoms with Gasteiger partial charge in [-0.1, -0.05) is 35.9 Å². The molecule has 0 fully saturated rings. The highest BCUT2D eigenvalue weighted by Gasteiger charge is 2.32. The van der Waals surface area contributed by atoms with Crippen LogP contribution in [0.3, 0.4) is 0 Å². The topological polar surface area (TPSA) is 59.4 Å². The van der Waals surface area contributed by atoms with E-state index in [1.165, 1.54) is 38.9 Å². The van der Waals surface area contributed by atoms with Gasteiger partial charge in [0.15, 0.2) is 0 Å². The molecule has 0 spiro atoms. The molecule has 0 amide bonds. The molecule has 1 N–H and O–H groups in total. The van der Waals surface area contributed by atoms with E-state index in [1.54, 1.807) is 18.0 Å². The first-order chi connectivity index (χ1) is 15.8. The number of carboxylic acids is 1. The van der Waals surface area contributed by atoms with E-state index >= 15 is 0 Å². The molecule has 0 saturated heterocycles. The molecule has 33 heavy (non-hydrogen) atoms. The van der Waals surface area contributed by atoms with Crippen LogP contribution in [0.4, 0.5) is 0 Å². The Hall–Kier alpha value is -2.31. The summed E-state index contributed by atoms with van der Waals surface area (Å²) in [6, 6.07) is 11.0. The Morgan fingerprint density at radius 1 is 1.21 bits per heavy atom. The fourth-order valence-electron chi connectivity index (χ4n) is 5.35. The minimum Gasteiger partial charge on any atom is -0.481 e. The molecule has 170 valence electrons. The van der Waals surface area contributed by atoms with Gasteiger partial charge in [0.2, 0.25) is 5.88 Å². The number of carbonyl (C=O) groups is 1. The molecular formula is C27H26BrNO3S. The standard InChI is InChI=1S/C27H26BrNO3S/c1-14-9-15(2)24(16(3)10-14)20-6-4-5-19-18(20)7-8-22(19)32-27-25(28)26-21(12-29-27)17(13-33-26)11-23(30)31/h4-6,9-10,12,17,22H,7-8,11,13H2,1-3H3,(H,30,31)/t17-,22?/m1/s1. The van der Waals surface area contributed by atoms with Crippen molar-refractivity contribution >= 4 is 33.7 Å². The number of thioether (sulfide) groups is 1. The zero-order chi connectivity index (χ0) is 23.3. The second-order valence-electron chi connectivity index (χ2n) is 9.06. The van der Waals surface area contributed by atoms with Gasteiger partial charge in [-0.2, -0.15) is 0 Å². The molecule has 4 nitrogen and oxygen atoms in total. The summed E-state index contributed by atoms with van der Waals surface area (Å²) in [5.74, 6) is 0.567. The van der Waals surface area contributed by atoms with Crippen LogP contribution >= 0.6 is 27.7 Å². The summed E-state index contributed by atoms with van der Waals surface area (Å²) in [5.41, 5.74) is 10.1.